The lowest BCUT2D eigenvalue weighted by Crippen LogP contribution is -2.60. The maximum absolute atomic E-state index is 14.4. The second kappa shape index (κ2) is 14.6. The van der Waals surface area contributed by atoms with E-state index in [0.717, 1.165) is 6.07 Å². The first kappa shape index (κ1) is 37.2. The largest absolute Gasteiger partial charge is 0.507 e. The standard InChI is InChI=1S/C34H46O15/c1-14-22(37)25(40)27(42)32(45-14)49-31-24(39)21-18(36)12-19(46-33-28(43)26(41)23(38)20(13-35)47-33)17(10-11-34(2,3)4)30(21)48-29(31)15-6-8-16(44-5)9-7-15/h6-9,12,14,20,22-23,25-29,31-33,35-38,40-43H,10-11,13H2,1-5H3/t14-,20+,22-,23+,25+,26-,27+,28+,29?,31?,32?,33?/m0/s1. The smallest absolute Gasteiger partial charge is 0.229 e. The van der Waals surface area contributed by atoms with Crippen LogP contribution in [-0.2, 0) is 20.6 Å². The number of carbonyl (C=O) groups excluding carboxylic acids is 1. The van der Waals surface area contributed by atoms with Gasteiger partial charge in [0.25, 0.3) is 0 Å². The number of fused-ring (bicyclic) bond motifs is 1. The van der Waals surface area contributed by atoms with Crippen LogP contribution in [0.5, 0.6) is 23.0 Å². The number of carbonyl (C=O) groups is 1. The summed E-state index contributed by atoms with van der Waals surface area (Å²) in [5.41, 5.74) is 0.247. The number of aliphatic hydroxyl groups is 7. The number of phenolic OH excluding ortho intramolecular Hbond substituents is 1. The Morgan fingerprint density at radius 1 is 0.857 bits per heavy atom. The first-order valence-electron chi connectivity index (χ1n) is 16.1. The van der Waals surface area contributed by atoms with E-state index in [0.29, 0.717) is 23.3 Å². The second-order valence-corrected chi connectivity index (χ2v) is 13.9. The molecule has 15 heteroatoms. The normalized spacial score (nSPS) is 35.0. The van der Waals surface area contributed by atoms with Crippen molar-refractivity contribution in [2.75, 3.05) is 13.7 Å². The van der Waals surface area contributed by atoms with Gasteiger partial charge in [-0.2, -0.15) is 0 Å². The van der Waals surface area contributed by atoms with Gasteiger partial charge in [-0.15, -0.1) is 0 Å². The first-order valence-corrected chi connectivity index (χ1v) is 16.1. The van der Waals surface area contributed by atoms with Crippen molar-refractivity contribution in [2.24, 2.45) is 5.41 Å². The summed E-state index contributed by atoms with van der Waals surface area (Å²) >= 11 is 0. The van der Waals surface area contributed by atoms with Crippen LogP contribution in [0.1, 0.15) is 61.7 Å². The van der Waals surface area contributed by atoms with Gasteiger partial charge >= 0.3 is 0 Å². The van der Waals surface area contributed by atoms with Crippen molar-refractivity contribution in [3.05, 3.63) is 47.0 Å². The zero-order valence-electron chi connectivity index (χ0n) is 27.9. The molecule has 15 nitrogen and oxygen atoms in total. The molecule has 4 unspecified atom stereocenters. The van der Waals surface area contributed by atoms with Crippen molar-refractivity contribution in [3.63, 3.8) is 0 Å². The molecule has 8 N–H and O–H groups in total. The Morgan fingerprint density at radius 2 is 1.49 bits per heavy atom. The summed E-state index contributed by atoms with van der Waals surface area (Å²) in [6.07, 6.45) is -17.3. The van der Waals surface area contributed by atoms with E-state index in [1.807, 2.05) is 20.8 Å². The van der Waals surface area contributed by atoms with Gasteiger partial charge in [0.15, 0.2) is 18.5 Å². The molecule has 2 aromatic rings. The first-order chi connectivity index (χ1) is 23.1. The van der Waals surface area contributed by atoms with Gasteiger partial charge in [-0.05, 0) is 42.9 Å². The van der Waals surface area contributed by atoms with Gasteiger partial charge in [0.1, 0.15) is 71.3 Å². The molecule has 0 saturated carbocycles. The molecular weight excluding hydrogens is 648 g/mol. The van der Waals surface area contributed by atoms with Crippen LogP contribution in [0.4, 0.5) is 0 Å². The van der Waals surface area contributed by atoms with Gasteiger partial charge in [-0.1, -0.05) is 32.9 Å². The molecular formula is C34H46O15. The topological polar surface area (TPSA) is 234 Å². The molecule has 2 aromatic carbocycles. The van der Waals surface area contributed by atoms with Crippen molar-refractivity contribution in [1.29, 1.82) is 0 Å². The highest BCUT2D eigenvalue weighted by atomic mass is 16.7. The Balaban J connectivity index is 1.60. The third kappa shape index (κ3) is 7.51. The molecule has 0 aliphatic carbocycles. The number of methoxy groups -OCH3 is 1. The average molecular weight is 695 g/mol. The minimum Gasteiger partial charge on any atom is -0.507 e. The van der Waals surface area contributed by atoms with Crippen LogP contribution in [-0.4, -0.2) is 128 Å². The molecule has 0 spiro atoms. The zero-order chi connectivity index (χ0) is 35.9. The second-order valence-electron chi connectivity index (χ2n) is 13.9. The van der Waals surface area contributed by atoms with Crippen molar-refractivity contribution in [1.82, 2.24) is 0 Å². The zero-order valence-corrected chi connectivity index (χ0v) is 27.9. The van der Waals surface area contributed by atoms with Crippen LogP contribution in [0, 0.1) is 5.41 Å². The predicted molar refractivity (Wildman–Crippen MR) is 168 cm³/mol. The Kier molecular flexibility index (Phi) is 11.1. The summed E-state index contributed by atoms with van der Waals surface area (Å²) < 4.78 is 35.0. The Hall–Kier alpha value is -3.09. The Bertz CT molecular complexity index is 1460. The van der Waals surface area contributed by atoms with Crippen LogP contribution >= 0.6 is 0 Å². The number of hydrogen-bond donors (Lipinski definition) is 8. The molecule has 49 heavy (non-hydrogen) atoms. The third-order valence-corrected chi connectivity index (χ3v) is 9.10. The fraction of sp³-hybridized carbons (Fsp3) is 0.618. The summed E-state index contributed by atoms with van der Waals surface area (Å²) in [5, 5.41) is 83.6. The van der Waals surface area contributed by atoms with Crippen molar-refractivity contribution in [3.8, 4) is 23.0 Å². The van der Waals surface area contributed by atoms with Crippen LogP contribution in [0.25, 0.3) is 0 Å². The van der Waals surface area contributed by atoms with Gasteiger partial charge in [-0.25, -0.2) is 0 Å². The summed E-state index contributed by atoms with van der Waals surface area (Å²) in [7, 11) is 1.49. The maximum atomic E-state index is 14.4. The molecule has 272 valence electrons. The molecule has 5 rings (SSSR count). The molecule has 12 atom stereocenters. The van der Waals surface area contributed by atoms with E-state index in [2.05, 4.69) is 0 Å². The highest BCUT2D eigenvalue weighted by molar-refractivity contribution is 6.06. The highest BCUT2D eigenvalue weighted by Gasteiger charge is 2.50. The quantitative estimate of drug-likeness (QED) is 0.174. The third-order valence-electron chi connectivity index (χ3n) is 9.10. The maximum Gasteiger partial charge on any atom is 0.229 e. The van der Waals surface area contributed by atoms with Crippen LogP contribution in [0.3, 0.4) is 0 Å². The van der Waals surface area contributed by atoms with Crippen LogP contribution in [0.2, 0.25) is 0 Å². The number of benzene rings is 2. The van der Waals surface area contributed by atoms with E-state index in [4.69, 9.17) is 28.4 Å². The van der Waals surface area contributed by atoms with Crippen LogP contribution < -0.4 is 14.2 Å². The van der Waals surface area contributed by atoms with E-state index < -0.39 is 91.8 Å². The van der Waals surface area contributed by atoms with Crippen molar-refractivity contribution < 1.29 is 74.1 Å². The van der Waals surface area contributed by atoms with E-state index in [1.165, 1.54) is 14.0 Å². The van der Waals surface area contributed by atoms with E-state index in [1.54, 1.807) is 24.3 Å². The van der Waals surface area contributed by atoms with Crippen molar-refractivity contribution >= 4 is 5.78 Å². The van der Waals surface area contributed by atoms with Gasteiger partial charge in [0, 0.05) is 11.6 Å². The lowest BCUT2D eigenvalue weighted by molar-refractivity contribution is -0.304. The Labute approximate surface area is 283 Å². The number of ketones is 1. The van der Waals surface area contributed by atoms with Crippen LogP contribution in [0.15, 0.2) is 30.3 Å². The number of rotatable bonds is 9. The number of aliphatic hydroxyl groups excluding tert-OH is 7. The molecule has 0 radical (unpaired) electrons. The SMILES string of the molecule is COc1ccc(C2Oc3c(CCC(C)(C)C)c(OC4O[C@H](CO)[C@@H](O)[C@H](O)[C@H]4O)cc(O)c3C(=O)C2OC2O[C@@H](C)[C@H](O)[C@@H](O)[C@H]2O)cc1. The summed E-state index contributed by atoms with van der Waals surface area (Å²) in [6.45, 7) is 6.77. The van der Waals surface area contributed by atoms with E-state index in [9.17, 15) is 45.6 Å². The van der Waals surface area contributed by atoms with Gasteiger partial charge in [-0.3, -0.25) is 4.79 Å². The molecule has 0 amide bonds. The fourth-order valence-corrected chi connectivity index (χ4v) is 6.07. The molecule has 2 fully saturated rings. The molecule has 3 heterocycles. The minimum absolute atomic E-state index is 0.0524. The highest BCUT2D eigenvalue weighted by Crippen LogP contribution is 2.48. The van der Waals surface area contributed by atoms with Gasteiger partial charge < -0.3 is 69.3 Å². The summed E-state index contributed by atoms with van der Waals surface area (Å²) in [4.78, 5) is 14.4. The lowest BCUT2D eigenvalue weighted by atomic mass is 9.85. The van der Waals surface area contributed by atoms with E-state index in [-0.39, 0.29) is 28.9 Å². The fourth-order valence-electron chi connectivity index (χ4n) is 6.07. The molecule has 3 aliphatic rings. The van der Waals surface area contributed by atoms with Crippen molar-refractivity contribution in [2.45, 2.75) is 114 Å². The predicted octanol–water partition coefficient (Wildman–Crippen LogP) is 0.0873. The number of Topliss-reactive ketones (excluding diaryl/α,β-unsaturated/α-hetero) is 1. The van der Waals surface area contributed by atoms with Gasteiger partial charge in [0.2, 0.25) is 12.1 Å². The van der Waals surface area contributed by atoms with E-state index >= 15 is 0 Å². The average Bonchev–Trinajstić information content (AvgIpc) is 3.06. The number of hydrogen-bond acceptors (Lipinski definition) is 15. The molecule has 0 bridgehead atoms. The molecule has 3 aliphatic heterocycles. The minimum atomic E-state index is -1.75. The summed E-state index contributed by atoms with van der Waals surface area (Å²) in [6, 6.07) is 7.69. The number of phenols is 1. The Morgan fingerprint density at radius 3 is 2.10 bits per heavy atom. The monoisotopic (exact) mass is 694 g/mol. The number of ether oxygens (including phenoxy) is 6. The summed E-state index contributed by atoms with van der Waals surface area (Å²) in [5.74, 6) is -0.930. The molecule has 0 aromatic heterocycles. The van der Waals surface area contributed by atoms with Gasteiger partial charge in [0.05, 0.1) is 19.8 Å². The lowest BCUT2D eigenvalue weighted by Gasteiger charge is -2.42. The number of aromatic hydroxyl groups is 1. The molecule has 2 saturated heterocycles.